The molecule has 4 rings (SSSR count). The number of aromatic nitrogens is 2. The Balaban J connectivity index is 1.36. The summed E-state index contributed by atoms with van der Waals surface area (Å²) in [7, 11) is 0. The summed E-state index contributed by atoms with van der Waals surface area (Å²) in [5.41, 5.74) is 7.13. The minimum atomic E-state index is 0.239. The van der Waals surface area contributed by atoms with Gasteiger partial charge in [0.1, 0.15) is 17.7 Å². The Morgan fingerprint density at radius 2 is 1.93 bits per heavy atom. The second-order valence-corrected chi connectivity index (χ2v) is 9.68. The number of piperidine rings is 1. The number of thiazole rings is 1. The van der Waals surface area contributed by atoms with Crippen molar-refractivity contribution in [2.24, 2.45) is 0 Å². The van der Waals surface area contributed by atoms with Crippen molar-refractivity contribution in [3.05, 3.63) is 29.4 Å². The molecule has 2 aliphatic heterocycles. The first-order valence-corrected chi connectivity index (χ1v) is 11.1. The van der Waals surface area contributed by atoms with E-state index < -0.39 is 0 Å². The van der Waals surface area contributed by atoms with Crippen LogP contribution < -0.4 is 15.4 Å². The summed E-state index contributed by atoms with van der Waals surface area (Å²) in [4.78, 5) is 14.1. The largest absolute Gasteiger partial charge is 0.489 e. The van der Waals surface area contributed by atoms with E-state index in [-0.39, 0.29) is 17.7 Å². The molecule has 0 saturated carbocycles. The fourth-order valence-corrected chi connectivity index (χ4v) is 4.86. The molecule has 152 valence electrons. The first kappa shape index (κ1) is 19.5. The highest BCUT2D eigenvalue weighted by atomic mass is 32.1. The number of likely N-dealkylation sites (tertiary alicyclic amines) is 1. The van der Waals surface area contributed by atoms with Crippen molar-refractivity contribution in [2.45, 2.75) is 64.1 Å². The van der Waals surface area contributed by atoms with E-state index in [4.69, 9.17) is 15.5 Å². The quantitative estimate of drug-likeness (QED) is 0.832. The zero-order chi connectivity index (χ0) is 19.7. The van der Waals surface area contributed by atoms with Crippen molar-refractivity contribution in [1.29, 1.82) is 0 Å². The Morgan fingerprint density at radius 3 is 2.54 bits per heavy atom. The van der Waals surface area contributed by atoms with E-state index >= 15 is 0 Å². The van der Waals surface area contributed by atoms with E-state index in [1.54, 1.807) is 0 Å². The van der Waals surface area contributed by atoms with Gasteiger partial charge in [-0.3, -0.25) is 4.90 Å². The van der Waals surface area contributed by atoms with E-state index in [0.29, 0.717) is 5.13 Å². The summed E-state index contributed by atoms with van der Waals surface area (Å²) < 4.78 is 6.21. The van der Waals surface area contributed by atoms with Gasteiger partial charge in [-0.15, -0.1) is 11.3 Å². The minimum Gasteiger partial charge on any atom is -0.489 e. The Labute approximate surface area is 171 Å². The van der Waals surface area contributed by atoms with Crippen molar-refractivity contribution in [3.8, 4) is 5.75 Å². The number of pyridine rings is 1. The molecule has 2 saturated heterocycles. The van der Waals surface area contributed by atoms with Crippen LogP contribution in [0.15, 0.2) is 23.7 Å². The van der Waals surface area contributed by atoms with Gasteiger partial charge in [0, 0.05) is 30.6 Å². The third kappa shape index (κ3) is 4.25. The lowest BCUT2D eigenvalue weighted by atomic mass is 9.99. The van der Waals surface area contributed by atoms with Gasteiger partial charge in [0.25, 0.3) is 0 Å². The van der Waals surface area contributed by atoms with Gasteiger partial charge in [-0.25, -0.2) is 9.97 Å². The van der Waals surface area contributed by atoms with Crippen LogP contribution in [-0.2, 0) is 0 Å². The average molecular weight is 402 g/mol. The van der Waals surface area contributed by atoms with Crippen molar-refractivity contribution in [2.75, 3.05) is 30.3 Å². The fourth-order valence-electron chi connectivity index (χ4n) is 4.25. The molecule has 2 aliphatic rings. The number of nitrogens with zero attached hydrogens (tertiary/aromatic N) is 4. The van der Waals surface area contributed by atoms with Crippen LogP contribution in [0.2, 0.25) is 0 Å². The molecule has 7 heteroatoms. The molecular formula is C21H31N5OS. The molecule has 0 unspecified atom stereocenters. The lowest BCUT2D eigenvalue weighted by Gasteiger charge is -2.40. The van der Waals surface area contributed by atoms with Gasteiger partial charge in [0.05, 0.1) is 17.9 Å². The second-order valence-electron chi connectivity index (χ2n) is 8.79. The van der Waals surface area contributed by atoms with Gasteiger partial charge in [-0.1, -0.05) is 0 Å². The Hall–Kier alpha value is -1.86. The molecule has 2 N–H and O–H groups in total. The highest BCUT2D eigenvalue weighted by Gasteiger charge is 2.30. The van der Waals surface area contributed by atoms with Crippen LogP contribution in [0.5, 0.6) is 5.75 Å². The predicted octanol–water partition coefficient (Wildman–Crippen LogP) is 4.10. The van der Waals surface area contributed by atoms with Crippen molar-refractivity contribution in [3.63, 3.8) is 0 Å². The normalized spacial score (nSPS) is 22.0. The van der Waals surface area contributed by atoms with Crippen LogP contribution in [0.4, 0.5) is 10.9 Å². The molecule has 0 aromatic carbocycles. The van der Waals surface area contributed by atoms with E-state index in [1.807, 2.05) is 6.20 Å². The van der Waals surface area contributed by atoms with Crippen LogP contribution in [0.1, 0.15) is 58.2 Å². The second kappa shape index (κ2) is 7.87. The lowest BCUT2D eigenvalue weighted by Crippen LogP contribution is -2.48. The zero-order valence-electron chi connectivity index (χ0n) is 17.1. The number of anilines is 2. The number of hydrogen-bond donors (Lipinski definition) is 1. The number of hydrogen-bond acceptors (Lipinski definition) is 7. The monoisotopic (exact) mass is 401 g/mol. The van der Waals surface area contributed by atoms with E-state index in [0.717, 1.165) is 62.6 Å². The summed E-state index contributed by atoms with van der Waals surface area (Å²) in [5.74, 6) is 1.86. The van der Waals surface area contributed by atoms with Crippen molar-refractivity contribution >= 4 is 22.3 Å². The zero-order valence-corrected chi connectivity index (χ0v) is 17.9. The highest BCUT2D eigenvalue weighted by molar-refractivity contribution is 7.13. The maximum Gasteiger partial charge on any atom is 0.180 e. The fraction of sp³-hybridized carbons (Fsp3) is 0.619. The molecule has 0 amide bonds. The Bertz CT molecular complexity index is 777. The van der Waals surface area contributed by atoms with Gasteiger partial charge in [0.2, 0.25) is 0 Å². The molecule has 1 atom stereocenters. The van der Waals surface area contributed by atoms with Gasteiger partial charge in [-0.05, 0) is 58.6 Å². The summed E-state index contributed by atoms with van der Waals surface area (Å²) in [6.45, 7) is 10.0. The number of ether oxygens (including phenoxy) is 1. The van der Waals surface area contributed by atoms with E-state index in [9.17, 15) is 0 Å². The van der Waals surface area contributed by atoms with Crippen LogP contribution in [-0.4, -0.2) is 46.1 Å². The van der Waals surface area contributed by atoms with Crippen molar-refractivity contribution in [1.82, 2.24) is 14.9 Å². The lowest BCUT2D eigenvalue weighted by molar-refractivity contribution is 0.0490. The smallest absolute Gasteiger partial charge is 0.180 e. The molecule has 0 aliphatic carbocycles. The molecule has 4 heterocycles. The molecule has 28 heavy (non-hydrogen) atoms. The van der Waals surface area contributed by atoms with Crippen LogP contribution >= 0.6 is 11.3 Å². The molecular weight excluding hydrogens is 370 g/mol. The number of rotatable bonds is 4. The Morgan fingerprint density at radius 1 is 1.14 bits per heavy atom. The molecule has 6 nitrogen and oxygen atoms in total. The van der Waals surface area contributed by atoms with Gasteiger partial charge < -0.3 is 15.4 Å². The van der Waals surface area contributed by atoms with Crippen LogP contribution in [0.25, 0.3) is 0 Å². The topological polar surface area (TPSA) is 67.5 Å². The third-order valence-corrected chi connectivity index (χ3v) is 6.53. The molecule has 0 radical (unpaired) electrons. The molecule has 0 bridgehead atoms. The van der Waals surface area contributed by atoms with Gasteiger partial charge in [0.15, 0.2) is 5.13 Å². The maximum absolute atomic E-state index is 6.21. The predicted molar refractivity (Wildman–Crippen MR) is 115 cm³/mol. The summed E-state index contributed by atoms with van der Waals surface area (Å²) >= 11 is 1.51. The van der Waals surface area contributed by atoms with E-state index in [2.05, 4.69) is 53.1 Å². The number of nitrogens with two attached hydrogens (primary N) is 1. The minimum absolute atomic E-state index is 0.239. The molecule has 2 fully saturated rings. The van der Waals surface area contributed by atoms with Crippen LogP contribution in [0.3, 0.4) is 0 Å². The SMILES string of the molecule is CC(C)(C)N1CCC(Oc2ccc(N3CCC[C@@H]3c3csc(N)n3)nc2)CC1. The molecule has 2 aromatic heterocycles. The summed E-state index contributed by atoms with van der Waals surface area (Å²) in [6.07, 6.45) is 6.53. The number of nitrogen functional groups attached to an aromatic ring is 1. The maximum atomic E-state index is 6.21. The van der Waals surface area contributed by atoms with E-state index in [1.165, 1.54) is 11.3 Å². The summed E-state index contributed by atoms with van der Waals surface area (Å²) in [6, 6.07) is 4.41. The van der Waals surface area contributed by atoms with Crippen LogP contribution in [0, 0.1) is 0 Å². The van der Waals surface area contributed by atoms with Gasteiger partial charge >= 0.3 is 0 Å². The highest BCUT2D eigenvalue weighted by Crippen LogP contribution is 2.36. The van der Waals surface area contributed by atoms with Crippen molar-refractivity contribution < 1.29 is 4.74 Å². The first-order valence-electron chi connectivity index (χ1n) is 10.3. The van der Waals surface area contributed by atoms with Gasteiger partial charge in [-0.2, -0.15) is 0 Å². The summed E-state index contributed by atoms with van der Waals surface area (Å²) in [5, 5.41) is 2.70. The Kier molecular flexibility index (Phi) is 5.47. The average Bonchev–Trinajstić information content (AvgIpc) is 3.31. The third-order valence-electron chi connectivity index (χ3n) is 5.84. The molecule has 0 spiro atoms. The first-order chi connectivity index (χ1) is 13.4. The molecule has 2 aromatic rings. The standard InChI is InChI=1S/C21H31N5OS/c1-21(2,3)25-11-8-15(9-12-25)27-16-6-7-19(23-13-16)26-10-4-5-18(26)17-14-28-20(22)24-17/h6-7,13-15,18H,4-5,8-12H2,1-3H3,(H2,22,24)/t18-/m1/s1.